The first-order valence-electron chi connectivity index (χ1n) is 7.58. The van der Waals surface area contributed by atoms with Crippen molar-refractivity contribution in [2.75, 3.05) is 0 Å². The lowest BCUT2D eigenvalue weighted by Crippen LogP contribution is -2.07. The minimum Gasteiger partial charge on any atom is -0.342 e. The lowest BCUT2D eigenvalue weighted by molar-refractivity contribution is -0.137. The van der Waals surface area contributed by atoms with Crippen LogP contribution in [0.5, 0.6) is 0 Å². The number of pyridine rings is 1. The zero-order valence-electron chi connectivity index (χ0n) is 13.8. The molecule has 0 aliphatic rings. The lowest BCUT2D eigenvalue weighted by atomic mass is 10.1. The number of alkyl halides is 3. The standard InChI is InChI=1S/C18H13Cl2F3N2O/c1-9-3-12(18(21,22)23)4-13-10(2)6-25(16(9)13)7-14-15(19)11(8-26)5-24-17(14)20/h3-6,8H,7H2,1-2H3. The van der Waals surface area contributed by atoms with Crippen molar-refractivity contribution in [3.05, 3.63) is 62.5 Å². The van der Waals surface area contributed by atoms with E-state index in [4.69, 9.17) is 23.2 Å². The van der Waals surface area contributed by atoms with E-state index in [-0.39, 0.29) is 22.3 Å². The Morgan fingerprint density at radius 1 is 1.19 bits per heavy atom. The molecular weight excluding hydrogens is 388 g/mol. The molecule has 0 saturated carbocycles. The fourth-order valence-electron chi connectivity index (χ4n) is 3.03. The van der Waals surface area contributed by atoms with E-state index in [1.165, 1.54) is 6.20 Å². The highest BCUT2D eigenvalue weighted by Gasteiger charge is 2.31. The number of hydrogen-bond acceptors (Lipinski definition) is 2. The van der Waals surface area contributed by atoms with Crippen molar-refractivity contribution in [1.82, 2.24) is 9.55 Å². The number of hydrogen-bond donors (Lipinski definition) is 0. The molecular formula is C18H13Cl2F3N2O. The Hall–Kier alpha value is -2.05. The van der Waals surface area contributed by atoms with Gasteiger partial charge in [0.15, 0.2) is 6.29 Å². The predicted molar refractivity (Wildman–Crippen MR) is 95.2 cm³/mol. The number of nitrogens with zero attached hydrogens (tertiary/aromatic N) is 2. The number of aldehydes is 1. The fraction of sp³-hybridized carbons (Fsp3) is 0.222. The zero-order chi connectivity index (χ0) is 19.2. The van der Waals surface area contributed by atoms with Crippen LogP contribution < -0.4 is 0 Å². The smallest absolute Gasteiger partial charge is 0.342 e. The topological polar surface area (TPSA) is 34.9 Å². The van der Waals surface area contributed by atoms with Crippen molar-refractivity contribution >= 4 is 40.4 Å². The van der Waals surface area contributed by atoms with E-state index in [9.17, 15) is 18.0 Å². The molecule has 0 fully saturated rings. The number of rotatable bonds is 3. The molecule has 26 heavy (non-hydrogen) atoms. The van der Waals surface area contributed by atoms with E-state index in [0.717, 1.165) is 12.1 Å². The van der Waals surface area contributed by atoms with Crippen LogP contribution in [0, 0.1) is 13.8 Å². The van der Waals surface area contributed by atoms with Crippen LogP contribution in [0.2, 0.25) is 10.2 Å². The highest BCUT2D eigenvalue weighted by molar-refractivity contribution is 6.36. The van der Waals surface area contributed by atoms with Gasteiger partial charge in [-0.1, -0.05) is 23.2 Å². The summed E-state index contributed by atoms with van der Waals surface area (Å²) in [6.45, 7) is 3.54. The van der Waals surface area contributed by atoms with Crippen LogP contribution in [0.25, 0.3) is 10.9 Å². The molecule has 136 valence electrons. The molecule has 8 heteroatoms. The first kappa shape index (κ1) is 18.7. The number of benzene rings is 1. The molecule has 0 bridgehead atoms. The van der Waals surface area contributed by atoms with Crippen molar-refractivity contribution in [2.24, 2.45) is 0 Å². The Morgan fingerprint density at radius 2 is 1.88 bits per heavy atom. The molecule has 0 radical (unpaired) electrons. The summed E-state index contributed by atoms with van der Waals surface area (Å²) in [5.74, 6) is 0. The van der Waals surface area contributed by atoms with E-state index in [2.05, 4.69) is 4.98 Å². The SMILES string of the molecule is Cc1cn(Cc2c(Cl)ncc(C=O)c2Cl)c2c(C)cc(C(F)(F)F)cc12. The summed E-state index contributed by atoms with van der Waals surface area (Å²) in [4.78, 5) is 15.0. The molecule has 3 rings (SSSR count). The maximum atomic E-state index is 13.1. The highest BCUT2D eigenvalue weighted by Crippen LogP contribution is 2.36. The largest absolute Gasteiger partial charge is 0.416 e. The summed E-state index contributed by atoms with van der Waals surface area (Å²) in [7, 11) is 0. The van der Waals surface area contributed by atoms with E-state index in [1.54, 1.807) is 24.6 Å². The molecule has 2 heterocycles. The Balaban J connectivity index is 2.18. The third kappa shape index (κ3) is 3.19. The van der Waals surface area contributed by atoms with Crippen LogP contribution in [-0.2, 0) is 12.7 Å². The number of fused-ring (bicyclic) bond motifs is 1. The molecule has 3 nitrogen and oxygen atoms in total. The van der Waals surface area contributed by atoms with Crippen molar-refractivity contribution in [1.29, 1.82) is 0 Å². The summed E-state index contributed by atoms with van der Waals surface area (Å²) < 4.78 is 41.0. The molecule has 0 saturated heterocycles. The van der Waals surface area contributed by atoms with Crippen LogP contribution in [0.15, 0.2) is 24.5 Å². The fourth-order valence-corrected chi connectivity index (χ4v) is 3.52. The normalized spacial score (nSPS) is 12.0. The number of halogens is 5. The first-order valence-corrected chi connectivity index (χ1v) is 8.34. The van der Waals surface area contributed by atoms with Crippen molar-refractivity contribution in [3.8, 4) is 0 Å². The average molecular weight is 401 g/mol. The number of carbonyl (C=O) groups is 1. The maximum absolute atomic E-state index is 13.1. The molecule has 0 unspecified atom stereocenters. The summed E-state index contributed by atoms with van der Waals surface area (Å²) in [6.07, 6.45) is -0.823. The van der Waals surface area contributed by atoms with Gasteiger partial charge >= 0.3 is 6.18 Å². The van der Waals surface area contributed by atoms with Gasteiger partial charge in [0.2, 0.25) is 0 Å². The monoisotopic (exact) mass is 400 g/mol. The Morgan fingerprint density at radius 3 is 2.50 bits per heavy atom. The molecule has 3 aromatic rings. The van der Waals surface area contributed by atoms with Crippen LogP contribution in [0.4, 0.5) is 13.2 Å². The van der Waals surface area contributed by atoms with Gasteiger partial charge in [0.05, 0.1) is 28.2 Å². The van der Waals surface area contributed by atoms with Gasteiger partial charge in [-0.15, -0.1) is 0 Å². The molecule has 0 N–H and O–H groups in total. The number of aryl methyl sites for hydroxylation is 2. The van der Waals surface area contributed by atoms with Crippen LogP contribution in [-0.4, -0.2) is 15.8 Å². The van der Waals surface area contributed by atoms with E-state index in [1.807, 2.05) is 0 Å². The zero-order valence-corrected chi connectivity index (χ0v) is 15.3. The molecule has 0 aliphatic carbocycles. The maximum Gasteiger partial charge on any atom is 0.416 e. The second kappa shape index (κ2) is 6.59. The Bertz CT molecular complexity index is 1030. The van der Waals surface area contributed by atoms with Crippen LogP contribution >= 0.6 is 23.2 Å². The molecule has 0 atom stereocenters. The molecule has 0 amide bonds. The summed E-state index contributed by atoms with van der Waals surface area (Å²) in [5, 5.41) is 0.831. The van der Waals surface area contributed by atoms with Crippen LogP contribution in [0.1, 0.15) is 32.6 Å². The van der Waals surface area contributed by atoms with Crippen molar-refractivity contribution < 1.29 is 18.0 Å². The molecule has 1 aromatic carbocycles. The van der Waals surface area contributed by atoms with Crippen LogP contribution in [0.3, 0.4) is 0 Å². The minimum absolute atomic E-state index is 0.143. The number of carbonyl (C=O) groups excluding carboxylic acids is 1. The average Bonchev–Trinajstić information content (AvgIpc) is 2.87. The second-order valence-corrected chi connectivity index (χ2v) is 6.78. The van der Waals surface area contributed by atoms with E-state index in [0.29, 0.717) is 33.9 Å². The highest BCUT2D eigenvalue weighted by atomic mass is 35.5. The van der Waals surface area contributed by atoms with Gasteiger partial charge in [0, 0.05) is 23.3 Å². The second-order valence-electron chi connectivity index (χ2n) is 6.04. The van der Waals surface area contributed by atoms with Gasteiger partial charge in [0.1, 0.15) is 5.15 Å². The van der Waals surface area contributed by atoms with Gasteiger partial charge in [-0.2, -0.15) is 13.2 Å². The summed E-state index contributed by atoms with van der Waals surface area (Å²) in [5.41, 5.74) is 1.78. The molecule has 0 spiro atoms. The van der Waals surface area contributed by atoms with Gasteiger partial charge in [0.25, 0.3) is 0 Å². The predicted octanol–water partition coefficient (Wildman–Crippen LogP) is 5.84. The summed E-state index contributed by atoms with van der Waals surface area (Å²) >= 11 is 12.3. The van der Waals surface area contributed by atoms with E-state index >= 15 is 0 Å². The molecule has 0 aliphatic heterocycles. The minimum atomic E-state index is -4.41. The Labute approximate surface area is 157 Å². The van der Waals surface area contributed by atoms with Crippen molar-refractivity contribution in [3.63, 3.8) is 0 Å². The van der Waals surface area contributed by atoms with Gasteiger partial charge in [-0.3, -0.25) is 4.79 Å². The van der Waals surface area contributed by atoms with Gasteiger partial charge < -0.3 is 4.57 Å². The quantitative estimate of drug-likeness (QED) is 0.408. The molecule has 2 aromatic heterocycles. The lowest BCUT2D eigenvalue weighted by Gasteiger charge is -2.13. The third-order valence-electron chi connectivity index (χ3n) is 4.23. The number of aromatic nitrogens is 2. The summed E-state index contributed by atoms with van der Waals surface area (Å²) in [6, 6.07) is 2.25. The van der Waals surface area contributed by atoms with E-state index < -0.39 is 11.7 Å². The van der Waals surface area contributed by atoms with Crippen molar-refractivity contribution in [2.45, 2.75) is 26.6 Å². The first-order chi connectivity index (χ1) is 12.1. The van der Waals surface area contributed by atoms with Gasteiger partial charge in [-0.05, 0) is 37.1 Å². The van der Waals surface area contributed by atoms with Gasteiger partial charge in [-0.25, -0.2) is 4.98 Å². The third-order valence-corrected chi connectivity index (χ3v) is 5.00. The Kier molecular flexibility index (Phi) is 4.75.